The monoisotopic (exact) mass is 500 g/mol. The van der Waals surface area contributed by atoms with Gasteiger partial charge in [-0.05, 0) is 41.3 Å². The third kappa shape index (κ3) is 6.12. The number of piperidine rings is 1. The fourth-order valence-electron chi connectivity index (χ4n) is 4.95. The predicted octanol–water partition coefficient (Wildman–Crippen LogP) is 5.37. The van der Waals surface area contributed by atoms with Crippen LogP contribution in [0.15, 0.2) is 78.9 Å². The molecule has 36 heavy (non-hydrogen) atoms. The number of hydrogen-bond acceptors (Lipinski definition) is 3. The Morgan fingerprint density at radius 3 is 2.17 bits per heavy atom. The van der Waals surface area contributed by atoms with Crippen LogP contribution in [0.5, 0.6) is 0 Å². The Hall–Kier alpha value is -3.23. The number of rotatable bonds is 7. The average molecular weight is 501 g/mol. The van der Waals surface area contributed by atoms with Crippen molar-refractivity contribution in [3.05, 3.63) is 107 Å². The third-order valence-corrected chi connectivity index (χ3v) is 6.61. The quantitative estimate of drug-likeness (QED) is 0.444. The van der Waals surface area contributed by atoms with E-state index in [1.165, 1.54) is 0 Å². The number of carbonyl (C=O) groups excluding carboxylic acids is 1. The first-order valence-corrected chi connectivity index (χ1v) is 11.8. The second-order valence-corrected chi connectivity index (χ2v) is 8.99. The number of amides is 1. The number of nitrogens with two attached hydrogens (primary N) is 1. The molecule has 8 heteroatoms. The minimum atomic E-state index is -4.65. The molecule has 0 saturated carbocycles. The van der Waals surface area contributed by atoms with Crippen LogP contribution in [0.1, 0.15) is 34.6 Å². The average Bonchev–Trinajstić information content (AvgIpc) is 2.88. The number of alkyl halides is 3. The van der Waals surface area contributed by atoms with Gasteiger partial charge in [0.05, 0.1) is 24.8 Å². The Balaban J connectivity index is 1.66. The van der Waals surface area contributed by atoms with Crippen molar-refractivity contribution in [2.24, 2.45) is 11.7 Å². The number of halogens is 4. The zero-order chi connectivity index (χ0) is 25.7. The SMILES string of the molecule is NCC(=O)N1CC[C@H](OCc2cc(F)cc(C(F)(F)F)c2)[C@H](C(c2ccccc2)c2ccccc2)C1. The molecule has 4 rings (SSSR count). The van der Waals surface area contributed by atoms with Gasteiger partial charge in [0.15, 0.2) is 0 Å². The second kappa shape index (κ2) is 11.2. The van der Waals surface area contributed by atoms with Crippen LogP contribution in [0, 0.1) is 11.7 Å². The fourth-order valence-corrected chi connectivity index (χ4v) is 4.95. The first-order chi connectivity index (χ1) is 17.3. The van der Waals surface area contributed by atoms with Crippen LogP contribution < -0.4 is 5.73 Å². The molecule has 0 unspecified atom stereocenters. The highest BCUT2D eigenvalue weighted by Gasteiger charge is 2.38. The molecular formula is C28H28F4N2O2. The van der Waals surface area contributed by atoms with Gasteiger partial charge >= 0.3 is 6.18 Å². The molecule has 3 aromatic carbocycles. The molecule has 0 bridgehead atoms. The van der Waals surface area contributed by atoms with Crippen LogP contribution >= 0.6 is 0 Å². The maximum absolute atomic E-state index is 13.9. The number of ether oxygens (including phenoxy) is 1. The fraction of sp³-hybridized carbons (Fsp3) is 0.321. The molecule has 0 radical (unpaired) electrons. The largest absolute Gasteiger partial charge is 0.416 e. The van der Waals surface area contributed by atoms with E-state index in [0.29, 0.717) is 25.6 Å². The molecule has 2 N–H and O–H groups in total. The molecule has 190 valence electrons. The van der Waals surface area contributed by atoms with E-state index in [4.69, 9.17) is 10.5 Å². The summed E-state index contributed by atoms with van der Waals surface area (Å²) >= 11 is 0. The normalized spacial score (nSPS) is 18.4. The van der Waals surface area contributed by atoms with Crippen molar-refractivity contribution in [2.45, 2.75) is 31.2 Å². The molecule has 3 aromatic rings. The Kier molecular flexibility index (Phi) is 8.06. The molecule has 1 aliphatic heterocycles. The lowest BCUT2D eigenvalue weighted by atomic mass is 9.75. The van der Waals surface area contributed by atoms with Crippen LogP contribution in [0.25, 0.3) is 0 Å². The summed E-state index contributed by atoms with van der Waals surface area (Å²) in [6.45, 7) is 0.517. The zero-order valence-electron chi connectivity index (χ0n) is 19.6. The van der Waals surface area contributed by atoms with Gasteiger partial charge in [-0.15, -0.1) is 0 Å². The molecule has 1 amide bonds. The van der Waals surface area contributed by atoms with Gasteiger partial charge in [-0.2, -0.15) is 13.2 Å². The minimum absolute atomic E-state index is 0.108. The predicted molar refractivity (Wildman–Crippen MR) is 128 cm³/mol. The smallest absolute Gasteiger partial charge is 0.373 e. The van der Waals surface area contributed by atoms with E-state index >= 15 is 0 Å². The Labute approximate surface area is 207 Å². The highest BCUT2D eigenvalue weighted by Crippen LogP contribution is 2.39. The third-order valence-electron chi connectivity index (χ3n) is 6.61. The van der Waals surface area contributed by atoms with Gasteiger partial charge in [-0.1, -0.05) is 60.7 Å². The van der Waals surface area contributed by atoms with Gasteiger partial charge in [0.1, 0.15) is 5.82 Å². The van der Waals surface area contributed by atoms with Gasteiger partial charge in [0.2, 0.25) is 5.91 Å². The van der Waals surface area contributed by atoms with E-state index in [1.54, 1.807) is 4.90 Å². The van der Waals surface area contributed by atoms with Crippen molar-refractivity contribution in [3.63, 3.8) is 0 Å². The summed E-state index contributed by atoms with van der Waals surface area (Å²) in [5, 5.41) is 0. The standard InChI is InChI=1S/C28H28F4N2O2/c29-23-14-19(13-22(15-23)28(30,31)32)18-36-25-11-12-34(26(35)16-33)17-24(25)27(20-7-3-1-4-8-20)21-9-5-2-6-10-21/h1-10,13-15,24-25,27H,11-12,16-18,33H2/t24-,25+/m1/s1. The number of benzene rings is 3. The first kappa shape index (κ1) is 25.9. The van der Waals surface area contributed by atoms with Crippen LogP contribution in [0.2, 0.25) is 0 Å². The molecule has 0 aromatic heterocycles. The topological polar surface area (TPSA) is 55.6 Å². The van der Waals surface area contributed by atoms with E-state index in [2.05, 4.69) is 0 Å². The molecule has 1 aliphatic rings. The van der Waals surface area contributed by atoms with E-state index in [-0.39, 0.29) is 42.6 Å². The molecular weight excluding hydrogens is 472 g/mol. The highest BCUT2D eigenvalue weighted by atomic mass is 19.4. The molecule has 1 saturated heterocycles. The van der Waals surface area contributed by atoms with Crippen LogP contribution in [0.4, 0.5) is 17.6 Å². The van der Waals surface area contributed by atoms with Gasteiger partial charge in [-0.25, -0.2) is 4.39 Å². The number of nitrogens with zero attached hydrogens (tertiary/aromatic N) is 1. The summed E-state index contributed by atoms with van der Waals surface area (Å²) < 4.78 is 59.7. The molecule has 0 aliphatic carbocycles. The van der Waals surface area contributed by atoms with Gasteiger partial charge < -0.3 is 15.4 Å². The van der Waals surface area contributed by atoms with Crippen molar-refractivity contribution >= 4 is 5.91 Å². The van der Waals surface area contributed by atoms with Crippen LogP contribution in [-0.4, -0.2) is 36.5 Å². The first-order valence-electron chi connectivity index (χ1n) is 11.8. The molecule has 1 fully saturated rings. The van der Waals surface area contributed by atoms with E-state index in [1.807, 2.05) is 60.7 Å². The Morgan fingerprint density at radius 2 is 1.61 bits per heavy atom. The maximum Gasteiger partial charge on any atom is 0.416 e. The molecule has 4 nitrogen and oxygen atoms in total. The van der Waals surface area contributed by atoms with Crippen LogP contribution in [-0.2, 0) is 22.3 Å². The number of hydrogen-bond donors (Lipinski definition) is 1. The van der Waals surface area contributed by atoms with Crippen molar-refractivity contribution in [2.75, 3.05) is 19.6 Å². The summed E-state index contributed by atoms with van der Waals surface area (Å²) in [5.41, 5.74) is 6.76. The summed E-state index contributed by atoms with van der Waals surface area (Å²) in [6, 6.07) is 22.1. The second-order valence-electron chi connectivity index (χ2n) is 8.99. The maximum atomic E-state index is 13.9. The number of likely N-dealkylation sites (tertiary alicyclic amines) is 1. The van der Waals surface area contributed by atoms with Crippen LogP contribution in [0.3, 0.4) is 0 Å². The lowest BCUT2D eigenvalue weighted by Crippen LogP contribution is -2.50. The molecule has 0 spiro atoms. The minimum Gasteiger partial charge on any atom is -0.373 e. The Bertz CT molecular complexity index is 1120. The zero-order valence-corrected chi connectivity index (χ0v) is 19.6. The molecule has 1 heterocycles. The van der Waals surface area contributed by atoms with E-state index in [0.717, 1.165) is 23.3 Å². The van der Waals surface area contributed by atoms with Gasteiger partial charge in [-0.3, -0.25) is 4.79 Å². The molecule has 2 atom stereocenters. The van der Waals surface area contributed by atoms with Crippen molar-refractivity contribution < 1.29 is 27.1 Å². The summed E-state index contributed by atoms with van der Waals surface area (Å²) in [7, 11) is 0. The van der Waals surface area contributed by atoms with Gasteiger partial charge in [0, 0.05) is 24.9 Å². The van der Waals surface area contributed by atoms with Crippen molar-refractivity contribution in [1.29, 1.82) is 0 Å². The van der Waals surface area contributed by atoms with Crippen molar-refractivity contribution in [1.82, 2.24) is 4.90 Å². The lowest BCUT2D eigenvalue weighted by molar-refractivity contribution is -0.137. The Morgan fingerprint density at radius 1 is 1.00 bits per heavy atom. The van der Waals surface area contributed by atoms with Gasteiger partial charge in [0.25, 0.3) is 0 Å². The summed E-state index contributed by atoms with van der Waals surface area (Å²) in [5.74, 6) is -1.47. The van der Waals surface area contributed by atoms with E-state index < -0.39 is 17.6 Å². The lowest BCUT2D eigenvalue weighted by Gasteiger charge is -2.42. The van der Waals surface area contributed by atoms with Crippen molar-refractivity contribution in [3.8, 4) is 0 Å². The number of carbonyl (C=O) groups is 1. The van der Waals surface area contributed by atoms with E-state index in [9.17, 15) is 22.4 Å². The summed E-state index contributed by atoms with van der Waals surface area (Å²) in [4.78, 5) is 14.2. The highest BCUT2D eigenvalue weighted by molar-refractivity contribution is 5.78. The summed E-state index contributed by atoms with van der Waals surface area (Å²) in [6.07, 6.45) is -4.55.